The molecule has 0 atom stereocenters. The van der Waals surface area contributed by atoms with Gasteiger partial charge >= 0.3 is 6.16 Å². The lowest BCUT2D eigenvalue weighted by molar-refractivity contribution is 0.0966. The van der Waals surface area contributed by atoms with E-state index in [-0.39, 0.29) is 6.61 Å². The molecule has 0 aromatic carbocycles. The predicted octanol–water partition coefficient (Wildman–Crippen LogP) is 1.50. The Morgan fingerprint density at radius 3 is 2.12 bits per heavy atom. The smallest absolute Gasteiger partial charge is 0.450 e. The van der Waals surface area contributed by atoms with Gasteiger partial charge in [0.15, 0.2) is 0 Å². The van der Waals surface area contributed by atoms with Gasteiger partial charge in [-0.1, -0.05) is 0 Å². The lowest BCUT2D eigenvalue weighted by Crippen LogP contribution is -1.97. The number of rotatable bonds is 1. The Bertz CT molecular complexity index is 60.7. The number of carboxylic acid groups (broad SMARTS) is 1. The zero-order valence-corrected chi connectivity index (χ0v) is 4.89. The van der Waals surface area contributed by atoms with Gasteiger partial charge < -0.3 is 9.84 Å². The van der Waals surface area contributed by atoms with Crippen molar-refractivity contribution in [2.75, 3.05) is 6.61 Å². The third-order valence-electron chi connectivity index (χ3n) is 0.268. The van der Waals surface area contributed by atoms with Gasteiger partial charge in [0.25, 0.3) is 0 Å². The average molecular weight is 118 g/mol. The van der Waals surface area contributed by atoms with Crippen molar-refractivity contribution in [3.8, 4) is 0 Å². The maximum atomic E-state index is 9.38. The summed E-state index contributed by atoms with van der Waals surface area (Å²) in [6.07, 6.45) is -1.21. The molecule has 0 saturated heterocycles. The van der Waals surface area contributed by atoms with E-state index in [2.05, 4.69) is 17.9 Å². The Morgan fingerprint density at radius 2 is 2.12 bits per heavy atom. The van der Waals surface area contributed by atoms with Crippen LogP contribution in [0.4, 0.5) is 4.79 Å². The van der Waals surface area contributed by atoms with E-state index in [0.717, 1.165) is 0 Å². The maximum Gasteiger partial charge on any atom is 0.505 e. The molecule has 0 amide bonds. The fourth-order valence-electron chi connectivity index (χ4n) is 0.123. The van der Waals surface area contributed by atoms with Crippen LogP contribution in [0, 0.1) is 0 Å². The van der Waals surface area contributed by atoms with Crippen molar-refractivity contribution >= 4 is 6.16 Å². The van der Waals surface area contributed by atoms with Crippen LogP contribution >= 0.6 is 0 Å². The lowest BCUT2D eigenvalue weighted by Gasteiger charge is -1.87. The normalized spacial score (nSPS) is 6.12. The first kappa shape index (κ1) is 10.1. The molecule has 0 fully saturated rings. The monoisotopic (exact) mass is 118 g/mol. The zero-order valence-electron chi connectivity index (χ0n) is 4.89. The molecule has 0 aliphatic carbocycles. The van der Waals surface area contributed by atoms with Crippen LogP contribution in [0.5, 0.6) is 0 Å². The summed E-state index contributed by atoms with van der Waals surface area (Å²) >= 11 is 0. The molecule has 0 aromatic rings. The highest BCUT2D eigenvalue weighted by atomic mass is 16.7. The highest BCUT2D eigenvalue weighted by Gasteiger charge is 1.86. The molecule has 0 spiro atoms. The molecular formula is C5H10O3. The Morgan fingerprint density at radius 1 is 1.75 bits per heavy atom. The van der Waals surface area contributed by atoms with Crippen molar-refractivity contribution in [2.24, 2.45) is 0 Å². The van der Waals surface area contributed by atoms with E-state index in [1.165, 1.54) is 0 Å². The molecule has 48 valence electrons. The second-order valence-corrected chi connectivity index (χ2v) is 0.699. The predicted molar refractivity (Wildman–Crippen MR) is 30.9 cm³/mol. The fourth-order valence-corrected chi connectivity index (χ4v) is 0.123. The molecule has 0 unspecified atom stereocenters. The number of hydrogen-bond donors (Lipinski definition) is 1. The van der Waals surface area contributed by atoms with E-state index in [4.69, 9.17) is 5.11 Å². The highest BCUT2D eigenvalue weighted by Crippen LogP contribution is 1.69. The van der Waals surface area contributed by atoms with Gasteiger partial charge in [-0.05, 0) is 6.92 Å². The molecule has 0 heterocycles. The third-order valence-corrected chi connectivity index (χ3v) is 0.268. The summed E-state index contributed by atoms with van der Waals surface area (Å²) < 4.78 is 3.96. The van der Waals surface area contributed by atoms with Gasteiger partial charge in [-0.2, -0.15) is 0 Å². The summed E-state index contributed by atoms with van der Waals surface area (Å²) in [5.41, 5.74) is 0. The van der Waals surface area contributed by atoms with Crippen molar-refractivity contribution in [1.82, 2.24) is 0 Å². The van der Waals surface area contributed by atoms with E-state index in [9.17, 15) is 4.79 Å². The molecule has 0 aliphatic heterocycles. The Kier molecular flexibility index (Phi) is 11.8. The number of carbonyl (C=O) groups is 1. The first-order valence-corrected chi connectivity index (χ1v) is 2.13. The SMILES string of the molecule is C=C.CCOC(=O)O. The summed E-state index contributed by atoms with van der Waals surface area (Å²) in [5, 5.41) is 7.69. The Hall–Kier alpha value is -0.990. The first-order valence-electron chi connectivity index (χ1n) is 2.13. The Labute approximate surface area is 48.6 Å². The zero-order chi connectivity index (χ0) is 6.99. The van der Waals surface area contributed by atoms with Gasteiger partial charge in [0.05, 0.1) is 6.61 Å². The molecular weight excluding hydrogens is 108 g/mol. The second-order valence-electron chi connectivity index (χ2n) is 0.699. The molecule has 3 heteroatoms. The quantitative estimate of drug-likeness (QED) is 0.419. The van der Waals surface area contributed by atoms with Crippen molar-refractivity contribution in [2.45, 2.75) is 6.92 Å². The van der Waals surface area contributed by atoms with Crippen LogP contribution < -0.4 is 0 Å². The van der Waals surface area contributed by atoms with Gasteiger partial charge in [0, 0.05) is 0 Å². The maximum absolute atomic E-state index is 9.38. The average Bonchev–Trinajstić information content (AvgIpc) is 1.72. The summed E-state index contributed by atoms with van der Waals surface area (Å²) in [4.78, 5) is 9.38. The van der Waals surface area contributed by atoms with Crippen LogP contribution in [0.3, 0.4) is 0 Å². The molecule has 0 saturated carbocycles. The molecule has 0 aliphatic rings. The topological polar surface area (TPSA) is 46.5 Å². The molecule has 0 bridgehead atoms. The van der Waals surface area contributed by atoms with Crippen molar-refractivity contribution in [1.29, 1.82) is 0 Å². The van der Waals surface area contributed by atoms with Crippen LogP contribution in [0.1, 0.15) is 6.92 Å². The first-order chi connectivity index (χ1) is 3.77. The van der Waals surface area contributed by atoms with E-state index in [1.54, 1.807) is 6.92 Å². The third kappa shape index (κ3) is 19.9. The van der Waals surface area contributed by atoms with Gasteiger partial charge in [-0.3, -0.25) is 0 Å². The molecule has 3 nitrogen and oxygen atoms in total. The van der Waals surface area contributed by atoms with Gasteiger partial charge in [0.1, 0.15) is 0 Å². The number of ether oxygens (including phenoxy) is 1. The molecule has 0 radical (unpaired) electrons. The van der Waals surface area contributed by atoms with Crippen molar-refractivity contribution in [3.63, 3.8) is 0 Å². The summed E-state index contributed by atoms with van der Waals surface area (Å²) in [6.45, 7) is 7.85. The minimum Gasteiger partial charge on any atom is -0.450 e. The molecule has 0 aromatic heterocycles. The van der Waals surface area contributed by atoms with Gasteiger partial charge in [0.2, 0.25) is 0 Å². The van der Waals surface area contributed by atoms with Gasteiger partial charge in [-0.15, -0.1) is 13.2 Å². The van der Waals surface area contributed by atoms with Crippen LogP contribution in [-0.4, -0.2) is 17.9 Å². The second kappa shape index (κ2) is 9.38. The highest BCUT2D eigenvalue weighted by molar-refractivity contribution is 5.56. The van der Waals surface area contributed by atoms with E-state index < -0.39 is 6.16 Å². The van der Waals surface area contributed by atoms with Crippen molar-refractivity contribution in [3.05, 3.63) is 13.2 Å². The molecule has 1 N–H and O–H groups in total. The largest absolute Gasteiger partial charge is 0.505 e. The lowest BCUT2D eigenvalue weighted by atomic mass is 10.9. The van der Waals surface area contributed by atoms with Crippen LogP contribution in [0.2, 0.25) is 0 Å². The van der Waals surface area contributed by atoms with E-state index in [0.29, 0.717) is 0 Å². The summed E-state index contributed by atoms with van der Waals surface area (Å²) in [7, 11) is 0. The van der Waals surface area contributed by atoms with Crippen LogP contribution in [0.25, 0.3) is 0 Å². The number of hydrogen-bond acceptors (Lipinski definition) is 2. The molecule has 8 heavy (non-hydrogen) atoms. The Balaban J connectivity index is 0. The molecule has 0 rings (SSSR count). The van der Waals surface area contributed by atoms with Crippen molar-refractivity contribution < 1.29 is 14.6 Å². The minimum absolute atomic E-state index is 0.231. The standard InChI is InChI=1S/C3H6O3.C2H4/c1-2-6-3(4)5;1-2/h2H2,1H3,(H,4,5);1-2H2. The minimum atomic E-state index is -1.21. The van der Waals surface area contributed by atoms with Gasteiger partial charge in [-0.25, -0.2) is 4.79 Å². The fraction of sp³-hybridized carbons (Fsp3) is 0.400. The summed E-state index contributed by atoms with van der Waals surface area (Å²) in [6, 6.07) is 0. The van der Waals surface area contributed by atoms with Crippen LogP contribution in [0.15, 0.2) is 13.2 Å². The van der Waals surface area contributed by atoms with Crippen LogP contribution in [-0.2, 0) is 4.74 Å². The van der Waals surface area contributed by atoms with E-state index >= 15 is 0 Å². The summed E-state index contributed by atoms with van der Waals surface area (Å²) in [5.74, 6) is 0. The van der Waals surface area contributed by atoms with E-state index in [1.807, 2.05) is 0 Å².